The van der Waals surface area contributed by atoms with Crippen LogP contribution in [-0.2, 0) is 10.9 Å². The van der Waals surface area contributed by atoms with Crippen LogP contribution >= 0.6 is 0 Å². The van der Waals surface area contributed by atoms with Crippen LogP contribution in [0.1, 0.15) is 42.8 Å². The van der Waals surface area contributed by atoms with Crippen LogP contribution in [-0.4, -0.2) is 35.5 Å². The highest BCUT2D eigenvalue weighted by molar-refractivity contribution is 5.78. The van der Waals surface area contributed by atoms with Crippen molar-refractivity contribution in [2.75, 3.05) is 5.32 Å². The van der Waals surface area contributed by atoms with E-state index in [0.29, 0.717) is 11.2 Å². The predicted octanol–water partition coefficient (Wildman–Crippen LogP) is 5.65. The Morgan fingerprint density at radius 3 is 2.59 bits per heavy atom. The molecule has 2 unspecified atom stereocenters. The Morgan fingerprint density at radius 1 is 1.10 bits per heavy atom. The number of anilines is 1. The molecule has 1 fully saturated rings. The van der Waals surface area contributed by atoms with Crippen molar-refractivity contribution in [3.8, 4) is 17.3 Å². The number of hydrogen-bond donors (Lipinski definition) is 2. The second-order valence-corrected chi connectivity index (χ2v) is 9.82. The number of aromatic amines is 1. The van der Waals surface area contributed by atoms with Gasteiger partial charge in [0, 0.05) is 41.8 Å². The third-order valence-electron chi connectivity index (χ3n) is 6.53. The number of aryl methyl sites for hydroxylation is 1. The van der Waals surface area contributed by atoms with Crippen LogP contribution in [0.15, 0.2) is 59.8 Å². The number of hydrogen-bond acceptors (Lipinski definition) is 7. The van der Waals surface area contributed by atoms with E-state index in [1.54, 1.807) is 13.0 Å². The lowest BCUT2D eigenvalue weighted by Crippen LogP contribution is -2.18. The molecule has 41 heavy (non-hydrogen) atoms. The number of nitrogens with zero attached hydrogens (tertiary/aromatic N) is 5. The van der Waals surface area contributed by atoms with Gasteiger partial charge in [-0.15, -0.1) is 0 Å². The van der Waals surface area contributed by atoms with Gasteiger partial charge in [-0.1, -0.05) is 6.07 Å². The molecule has 0 bridgehead atoms. The average Bonchev–Trinajstić information content (AvgIpc) is 3.34. The highest BCUT2D eigenvalue weighted by Gasteiger charge is 2.49. The number of halogens is 4. The number of nitrogens with one attached hydrogen (secondary N) is 2. The number of fused-ring (bicyclic) bond motifs is 1. The van der Waals surface area contributed by atoms with Gasteiger partial charge >= 0.3 is 11.9 Å². The van der Waals surface area contributed by atoms with Gasteiger partial charge in [-0.05, 0) is 44.5 Å². The summed E-state index contributed by atoms with van der Waals surface area (Å²) < 4.78 is 70.7. The maximum Gasteiger partial charge on any atom is 0.433 e. The van der Waals surface area contributed by atoms with Gasteiger partial charge in [0.15, 0.2) is 40.7 Å². The highest BCUT2D eigenvalue weighted by atomic mass is 19.4. The fraction of sp³-hybridized carbons (Fsp3) is 0.259. The number of aromatic nitrogens is 6. The van der Waals surface area contributed by atoms with E-state index in [9.17, 15) is 18.0 Å². The SMILES string of the molecule is Cc1ccc(-n2ncc(C3OC3Nc3ccc(Oc4ccnc5[nH]c(=O)n(C(C)C)c45)c(F)c3)c2C(F)(F)F)nc1. The summed E-state index contributed by atoms with van der Waals surface area (Å²) in [6.07, 6.45) is -2.54. The number of pyridine rings is 2. The summed E-state index contributed by atoms with van der Waals surface area (Å²) in [4.78, 5) is 23.2. The van der Waals surface area contributed by atoms with E-state index in [4.69, 9.17) is 9.47 Å². The maximum atomic E-state index is 15.1. The molecule has 5 aromatic rings. The molecule has 0 aliphatic carbocycles. The van der Waals surface area contributed by atoms with E-state index >= 15 is 4.39 Å². The number of epoxide rings is 1. The molecule has 2 N–H and O–H groups in total. The lowest BCUT2D eigenvalue weighted by atomic mass is 10.1. The second kappa shape index (κ2) is 9.73. The molecule has 212 valence electrons. The standard InChI is InChI=1S/C27H23F4N7O3/c1-13(2)37-21-19(8-9-32-24(21)36-26(37)39)40-18-6-5-15(10-17(18)28)35-25-22(41-25)16-12-34-38(23(16)27(29,30)31)20-7-4-14(3)11-33-20/h4-13,22,25,35H,1-3H3,(H,32,36,39). The Balaban J connectivity index is 1.21. The average molecular weight is 570 g/mol. The van der Waals surface area contributed by atoms with Crippen LogP contribution in [0.25, 0.3) is 17.0 Å². The lowest BCUT2D eigenvalue weighted by Gasteiger charge is -2.13. The van der Waals surface area contributed by atoms with Gasteiger partial charge in [0.2, 0.25) is 0 Å². The molecule has 14 heteroatoms. The molecular formula is C27H23F4N7O3. The van der Waals surface area contributed by atoms with Crippen molar-refractivity contribution < 1.29 is 27.0 Å². The zero-order valence-corrected chi connectivity index (χ0v) is 21.9. The Labute approximate surface area is 229 Å². The van der Waals surface area contributed by atoms with E-state index < -0.39 is 30.0 Å². The molecule has 0 radical (unpaired) electrons. The van der Waals surface area contributed by atoms with Gasteiger partial charge in [-0.25, -0.2) is 23.8 Å². The van der Waals surface area contributed by atoms with E-state index in [0.717, 1.165) is 22.5 Å². The van der Waals surface area contributed by atoms with Crippen LogP contribution in [0.2, 0.25) is 0 Å². The van der Waals surface area contributed by atoms with Crippen LogP contribution in [0.5, 0.6) is 11.5 Å². The fourth-order valence-electron chi connectivity index (χ4n) is 4.63. The lowest BCUT2D eigenvalue weighted by molar-refractivity contribution is -0.143. The van der Waals surface area contributed by atoms with Crippen LogP contribution in [0.3, 0.4) is 0 Å². The first-order chi connectivity index (χ1) is 19.5. The smallest absolute Gasteiger partial charge is 0.433 e. The Bertz CT molecular complexity index is 1810. The van der Waals surface area contributed by atoms with E-state index in [2.05, 4.69) is 25.4 Å². The molecule has 0 spiro atoms. The summed E-state index contributed by atoms with van der Waals surface area (Å²) in [7, 11) is 0. The van der Waals surface area contributed by atoms with Crippen molar-refractivity contribution in [1.82, 2.24) is 29.3 Å². The van der Waals surface area contributed by atoms with Gasteiger partial charge in [0.05, 0.1) is 6.20 Å². The fourth-order valence-corrected chi connectivity index (χ4v) is 4.63. The van der Waals surface area contributed by atoms with Crippen molar-refractivity contribution >= 4 is 16.9 Å². The molecular weight excluding hydrogens is 546 g/mol. The quantitative estimate of drug-likeness (QED) is 0.192. The molecule has 0 saturated carbocycles. The van der Waals surface area contributed by atoms with E-state index in [1.165, 1.54) is 41.2 Å². The number of rotatable bonds is 7. The molecule has 1 aliphatic rings. The Hall–Kier alpha value is -4.72. The van der Waals surface area contributed by atoms with Crippen molar-refractivity contribution in [2.45, 2.75) is 45.3 Å². The molecule has 5 heterocycles. The molecule has 1 saturated heterocycles. The number of imidazole rings is 1. The second-order valence-electron chi connectivity index (χ2n) is 9.82. The van der Waals surface area contributed by atoms with Crippen molar-refractivity contribution in [3.63, 3.8) is 0 Å². The van der Waals surface area contributed by atoms with Gasteiger partial charge in [0.25, 0.3) is 0 Å². The largest absolute Gasteiger partial charge is 0.452 e. The van der Waals surface area contributed by atoms with Crippen molar-refractivity contribution in [1.29, 1.82) is 0 Å². The predicted molar refractivity (Wildman–Crippen MR) is 140 cm³/mol. The first-order valence-corrected chi connectivity index (χ1v) is 12.6. The summed E-state index contributed by atoms with van der Waals surface area (Å²) in [6.45, 7) is 5.42. The summed E-state index contributed by atoms with van der Waals surface area (Å²) in [5, 5.41) is 6.80. The molecule has 2 atom stereocenters. The zero-order valence-electron chi connectivity index (χ0n) is 21.9. The van der Waals surface area contributed by atoms with Crippen molar-refractivity contribution in [2.24, 2.45) is 0 Å². The van der Waals surface area contributed by atoms with Gasteiger partial charge in [-0.2, -0.15) is 18.3 Å². The minimum atomic E-state index is -4.72. The molecule has 1 aliphatic heterocycles. The maximum absolute atomic E-state index is 15.1. The molecule has 4 aromatic heterocycles. The summed E-state index contributed by atoms with van der Waals surface area (Å²) in [5.41, 5.74) is 0.230. The summed E-state index contributed by atoms with van der Waals surface area (Å²) in [6, 6.07) is 8.43. The normalized spacial score (nSPS) is 16.9. The highest BCUT2D eigenvalue weighted by Crippen LogP contribution is 2.45. The minimum absolute atomic E-state index is 0.0218. The molecule has 1 aromatic carbocycles. The van der Waals surface area contributed by atoms with Crippen LogP contribution in [0, 0.1) is 12.7 Å². The van der Waals surface area contributed by atoms with E-state index in [-0.39, 0.29) is 40.3 Å². The zero-order chi connectivity index (χ0) is 29.1. The number of H-pyrrole nitrogens is 1. The van der Waals surface area contributed by atoms with Crippen LogP contribution in [0.4, 0.5) is 23.2 Å². The topological polar surface area (TPSA) is 115 Å². The number of benzene rings is 1. The summed E-state index contributed by atoms with van der Waals surface area (Å²) in [5.74, 6) is -0.604. The Morgan fingerprint density at radius 2 is 1.90 bits per heavy atom. The third kappa shape index (κ3) is 4.90. The first kappa shape index (κ1) is 26.5. The third-order valence-corrected chi connectivity index (χ3v) is 6.53. The van der Waals surface area contributed by atoms with Gasteiger partial charge in [-0.3, -0.25) is 9.55 Å². The monoisotopic (exact) mass is 569 g/mol. The van der Waals surface area contributed by atoms with Crippen molar-refractivity contribution in [3.05, 3.63) is 88.1 Å². The molecule has 0 amide bonds. The van der Waals surface area contributed by atoms with E-state index in [1.807, 2.05) is 13.8 Å². The Kier molecular flexibility index (Phi) is 6.29. The first-order valence-electron chi connectivity index (χ1n) is 12.6. The van der Waals surface area contributed by atoms with Crippen LogP contribution < -0.4 is 15.7 Å². The number of ether oxygens (including phenoxy) is 2. The molecule has 6 rings (SSSR count). The summed E-state index contributed by atoms with van der Waals surface area (Å²) >= 11 is 0. The van der Waals surface area contributed by atoms with Gasteiger partial charge < -0.3 is 14.8 Å². The molecule has 10 nitrogen and oxygen atoms in total. The van der Waals surface area contributed by atoms with Gasteiger partial charge in [0.1, 0.15) is 11.6 Å². The number of alkyl halides is 3. The minimum Gasteiger partial charge on any atom is -0.452 e.